The van der Waals surface area contributed by atoms with Crippen molar-refractivity contribution in [2.24, 2.45) is 7.05 Å². The highest BCUT2D eigenvalue weighted by Crippen LogP contribution is 2.38. The normalized spacial score (nSPS) is 15.1. The number of piperazine rings is 1. The van der Waals surface area contributed by atoms with Gasteiger partial charge in [-0.1, -0.05) is 66.7 Å². The minimum Gasteiger partial charge on any atom is -0.493 e. The van der Waals surface area contributed by atoms with Crippen LogP contribution < -0.4 is 9.47 Å². The van der Waals surface area contributed by atoms with Gasteiger partial charge in [0.05, 0.1) is 14.2 Å². The maximum absolute atomic E-state index is 13.7. The van der Waals surface area contributed by atoms with Gasteiger partial charge in [0.2, 0.25) is 5.91 Å². The number of aromatic nitrogens is 1. The second-order valence-corrected chi connectivity index (χ2v) is 10.1. The van der Waals surface area contributed by atoms with Crippen LogP contribution in [-0.2, 0) is 11.8 Å². The van der Waals surface area contributed by atoms with Crippen LogP contribution in [-0.4, -0.2) is 67.2 Å². The van der Waals surface area contributed by atoms with E-state index >= 15 is 0 Å². The number of methoxy groups -OCH3 is 2. The summed E-state index contributed by atoms with van der Waals surface area (Å²) in [7, 11) is 5.35. The van der Waals surface area contributed by atoms with Crippen molar-refractivity contribution in [2.45, 2.75) is 12.3 Å². The summed E-state index contributed by atoms with van der Waals surface area (Å²) in [6, 6.07) is 24.7. The van der Waals surface area contributed by atoms with Crippen LogP contribution in [0, 0.1) is 0 Å². The molecule has 1 atom stereocenters. The maximum Gasteiger partial charge on any atom is 0.223 e. The molecule has 3 aromatic carbocycles. The fraction of sp³-hybridized carbons (Fsp3) is 0.303. The molecule has 6 nitrogen and oxygen atoms in total. The lowest BCUT2D eigenvalue weighted by atomic mass is 9.87. The van der Waals surface area contributed by atoms with Crippen LogP contribution >= 0.6 is 0 Å². The Kier molecular flexibility index (Phi) is 8.33. The molecule has 202 valence electrons. The molecule has 0 aliphatic carbocycles. The van der Waals surface area contributed by atoms with Gasteiger partial charge in [0, 0.05) is 69.2 Å². The summed E-state index contributed by atoms with van der Waals surface area (Å²) in [5, 5.41) is 1.17. The van der Waals surface area contributed by atoms with Crippen molar-refractivity contribution in [3.8, 4) is 11.5 Å². The topological polar surface area (TPSA) is 46.9 Å². The zero-order chi connectivity index (χ0) is 27.2. The number of amides is 1. The van der Waals surface area contributed by atoms with Gasteiger partial charge < -0.3 is 18.9 Å². The SMILES string of the molecule is COc1ccc(C(CC(=O)N2CCN(C/C=C/c3ccccc3)CC2)c2cn(C)c3ccccc23)cc1OC. The standard InChI is InChI=1S/C33H37N3O3/c1-34-24-29(27-13-7-8-14-30(27)34)28(26-15-16-31(38-2)32(22-26)39-3)23-33(37)36-20-18-35(19-21-36)17-9-12-25-10-5-4-6-11-25/h4-16,22,24,28H,17-21,23H2,1-3H3/b12-9+. The predicted octanol–water partition coefficient (Wildman–Crippen LogP) is 5.58. The Balaban J connectivity index is 1.32. The number of carbonyl (C=O) groups is 1. The van der Waals surface area contributed by atoms with Crippen LogP contribution in [0.4, 0.5) is 0 Å². The maximum atomic E-state index is 13.7. The zero-order valence-corrected chi connectivity index (χ0v) is 23.0. The van der Waals surface area contributed by atoms with Gasteiger partial charge in [-0.25, -0.2) is 0 Å². The van der Waals surface area contributed by atoms with E-state index in [1.807, 2.05) is 23.1 Å². The summed E-state index contributed by atoms with van der Waals surface area (Å²) >= 11 is 0. The van der Waals surface area contributed by atoms with Crippen molar-refractivity contribution in [3.05, 3.63) is 102 Å². The lowest BCUT2D eigenvalue weighted by Crippen LogP contribution is -2.48. The Morgan fingerprint density at radius 1 is 0.897 bits per heavy atom. The number of ether oxygens (including phenoxy) is 2. The van der Waals surface area contributed by atoms with Crippen molar-refractivity contribution in [2.75, 3.05) is 46.9 Å². The Morgan fingerprint density at radius 3 is 2.36 bits per heavy atom. The molecule has 0 saturated carbocycles. The van der Waals surface area contributed by atoms with Crippen LogP contribution in [0.1, 0.15) is 29.0 Å². The monoisotopic (exact) mass is 523 g/mol. The summed E-state index contributed by atoms with van der Waals surface area (Å²) in [6.45, 7) is 4.12. The molecule has 6 heteroatoms. The van der Waals surface area contributed by atoms with Crippen LogP contribution in [0.5, 0.6) is 11.5 Å². The molecule has 1 unspecified atom stereocenters. The average Bonchev–Trinajstić information content (AvgIpc) is 3.32. The van der Waals surface area contributed by atoms with Crippen molar-refractivity contribution in [1.82, 2.24) is 14.4 Å². The van der Waals surface area contributed by atoms with E-state index in [9.17, 15) is 4.79 Å². The molecule has 5 rings (SSSR count). The van der Waals surface area contributed by atoms with E-state index < -0.39 is 0 Å². The molecule has 0 bridgehead atoms. The third-order valence-electron chi connectivity index (χ3n) is 7.69. The van der Waals surface area contributed by atoms with Gasteiger partial charge in [-0.2, -0.15) is 0 Å². The number of rotatable bonds is 9. The summed E-state index contributed by atoms with van der Waals surface area (Å²) in [5.41, 5.74) is 4.56. The number of benzene rings is 3. The number of fused-ring (bicyclic) bond motifs is 1. The van der Waals surface area contributed by atoms with Gasteiger partial charge in [0.15, 0.2) is 11.5 Å². The Bertz CT molecular complexity index is 1440. The Hall–Kier alpha value is -4.03. The van der Waals surface area contributed by atoms with Crippen molar-refractivity contribution in [1.29, 1.82) is 0 Å². The number of hydrogen-bond acceptors (Lipinski definition) is 4. The second kappa shape index (κ2) is 12.2. The summed E-state index contributed by atoms with van der Waals surface area (Å²) < 4.78 is 13.2. The average molecular weight is 524 g/mol. The molecule has 0 N–H and O–H groups in total. The van der Waals surface area contributed by atoms with Gasteiger partial charge in [0.1, 0.15) is 0 Å². The predicted molar refractivity (Wildman–Crippen MR) is 157 cm³/mol. The molecule has 1 aromatic heterocycles. The number of aryl methyl sites for hydroxylation is 1. The number of carbonyl (C=O) groups excluding carboxylic acids is 1. The molecule has 2 heterocycles. The van der Waals surface area contributed by atoms with Gasteiger partial charge in [-0.3, -0.25) is 9.69 Å². The molecule has 0 radical (unpaired) electrons. The molecule has 1 saturated heterocycles. The van der Waals surface area contributed by atoms with Crippen LogP contribution in [0.15, 0.2) is 85.1 Å². The van der Waals surface area contributed by atoms with Gasteiger partial charge >= 0.3 is 0 Å². The first-order valence-corrected chi connectivity index (χ1v) is 13.5. The van der Waals surface area contributed by atoms with E-state index in [-0.39, 0.29) is 11.8 Å². The minimum absolute atomic E-state index is 0.102. The summed E-state index contributed by atoms with van der Waals surface area (Å²) in [4.78, 5) is 18.1. The van der Waals surface area contributed by atoms with Crippen LogP contribution in [0.3, 0.4) is 0 Å². The van der Waals surface area contributed by atoms with Crippen LogP contribution in [0.25, 0.3) is 17.0 Å². The van der Waals surface area contributed by atoms with E-state index in [0.717, 1.165) is 49.4 Å². The second-order valence-electron chi connectivity index (χ2n) is 10.1. The molecule has 1 aliphatic heterocycles. The van der Waals surface area contributed by atoms with Crippen molar-refractivity contribution >= 4 is 22.9 Å². The molecule has 1 fully saturated rings. The smallest absolute Gasteiger partial charge is 0.223 e. The number of para-hydroxylation sites is 1. The highest BCUT2D eigenvalue weighted by molar-refractivity contribution is 5.86. The summed E-state index contributed by atoms with van der Waals surface area (Å²) in [6.07, 6.45) is 6.93. The molecule has 39 heavy (non-hydrogen) atoms. The third-order valence-corrected chi connectivity index (χ3v) is 7.69. The fourth-order valence-electron chi connectivity index (χ4n) is 5.51. The largest absolute Gasteiger partial charge is 0.493 e. The van der Waals surface area contributed by atoms with Crippen molar-refractivity contribution < 1.29 is 14.3 Å². The zero-order valence-electron chi connectivity index (χ0n) is 23.0. The lowest BCUT2D eigenvalue weighted by Gasteiger charge is -2.35. The molecule has 1 aliphatic rings. The summed E-state index contributed by atoms with van der Waals surface area (Å²) in [5.74, 6) is 1.43. The lowest BCUT2D eigenvalue weighted by molar-refractivity contribution is -0.133. The molecular weight excluding hydrogens is 486 g/mol. The van der Waals surface area contributed by atoms with E-state index in [2.05, 4.69) is 89.5 Å². The fourth-order valence-corrected chi connectivity index (χ4v) is 5.51. The van der Waals surface area contributed by atoms with E-state index in [1.165, 1.54) is 10.9 Å². The third kappa shape index (κ3) is 6.02. The quantitative estimate of drug-likeness (QED) is 0.288. The Morgan fingerprint density at radius 2 is 1.62 bits per heavy atom. The molecule has 4 aromatic rings. The van der Waals surface area contributed by atoms with Gasteiger partial charge in [0.25, 0.3) is 0 Å². The highest BCUT2D eigenvalue weighted by Gasteiger charge is 2.27. The molecule has 0 spiro atoms. The van der Waals surface area contributed by atoms with Gasteiger partial charge in [-0.05, 0) is 34.9 Å². The first-order chi connectivity index (χ1) is 19.1. The number of nitrogens with zero attached hydrogens (tertiary/aromatic N) is 3. The van der Waals surface area contributed by atoms with Gasteiger partial charge in [-0.15, -0.1) is 0 Å². The van der Waals surface area contributed by atoms with E-state index in [0.29, 0.717) is 17.9 Å². The first kappa shape index (κ1) is 26.6. The first-order valence-electron chi connectivity index (χ1n) is 13.5. The number of hydrogen-bond donors (Lipinski definition) is 0. The van der Waals surface area contributed by atoms with E-state index in [4.69, 9.17) is 9.47 Å². The molecular formula is C33H37N3O3. The molecule has 1 amide bonds. The van der Waals surface area contributed by atoms with Crippen LogP contribution in [0.2, 0.25) is 0 Å². The van der Waals surface area contributed by atoms with Crippen molar-refractivity contribution in [3.63, 3.8) is 0 Å². The Labute approximate surface area is 231 Å². The minimum atomic E-state index is -0.102. The van der Waals surface area contributed by atoms with E-state index in [1.54, 1.807) is 14.2 Å². The highest BCUT2D eigenvalue weighted by atomic mass is 16.5.